The quantitative estimate of drug-likeness (QED) is 0.788. The Kier molecular flexibility index (Phi) is 4.72. The van der Waals surface area contributed by atoms with E-state index in [2.05, 4.69) is 25.1 Å². The van der Waals surface area contributed by atoms with Crippen molar-refractivity contribution < 1.29 is 4.79 Å². The van der Waals surface area contributed by atoms with Crippen LogP contribution in [0, 0.1) is 5.92 Å². The molecule has 1 heterocycles. The van der Waals surface area contributed by atoms with Crippen molar-refractivity contribution in [2.45, 2.75) is 32.7 Å². The van der Waals surface area contributed by atoms with Crippen molar-refractivity contribution in [2.24, 2.45) is 5.92 Å². The summed E-state index contributed by atoms with van der Waals surface area (Å²) >= 11 is 6.47. The number of fused-ring (bicyclic) bond motifs is 1. The summed E-state index contributed by atoms with van der Waals surface area (Å²) < 4.78 is 0. The first-order valence-corrected chi connectivity index (χ1v) is 8.64. The van der Waals surface area contributed by atoms with Crippen molar-refractivity contribution in [3.05, 3.63) is 70.2 Å². The van der Waals surface area contributed by atoms with Gasteiger partial charge in [-0.2, -0.15) is 0 Å². The van der Waals surface area contributed by atoms with Gasteiger partial charge in [0.1, 0.15) is 0 Å². The van der Waals surface area contributed by atoms with Gasteiger partial charge in [-0.05, 0) is 35.6 Å². The molecule has 0 radical (unpaired) electrons. The summed E-state index contributed by atoms with van der Waals surface area (Å²) in [5.41, 5.74) is 3.52. The lowest BCUT2D eigenvalue weighted by molar-refractivity contribution is -0.137. The van der Waals surface area contributed by atoms with Crippen LogP contribution in [0.3, 0.4) is 0 Å². The van der Waals surface area contributed by atoms with Crippen LogP contribution in [0.15, 0.2) is 48.5 Å². The first-order valence-electron chi connectivity index (χ1n) is 8.26. The first-order chi connectivity index (χ1) is 11.1. The largest absolute Gasteiger partial charge is 0.331 e. The smallest absolute Gasteiger partial charge is 0.226 e. The molecule has 2 aromatic rings. The molecule has 0 unspecified atom stereocenters. The molecule has 0 aliphatic carbocycles. The van der Waals surface area contributed by atoms with Crippen LogP contribution in [0.25, 0.3) is 0 Å². The van der Waals surface area contributed by atoms with Gasteiger partial charge in [0.2, 0.25) is 5.91 Å². The van der Waals surface area contributed by atoms with Gasteiger partial charge in [0, 0.05) is 17.5 Å². The van der Waals surface area contributed by atoms with Crippen LogP contribution in [-0.2, 0) is 11.2 Å². The van der Waals surface area contributed by atoms with Gasteiger partial charge in [-0.25, -0.2) is 0 Å². The van der Waals surface area contributed by atoms with E-state index in [1.54, 1.807) is 0 Å². The van der Waals surface area contributed by atoms with E-state index in [4.69, 9.17) is 11.6 Å². The molecule has 0 saturated heterocycles. The van der Waals surface area contributed by atoms with E-state index in [0.717, 1.165) is 30.0 Å². The van der Waals surface area contributed by atoms with Crippen LogP contribution in [0.1, 0.15) is 43.0 Å². The molecular formula is C20H22ClNO. The number of rotatable bonds is 3. The summed E-state index contributed by atoms with van der Waals surface area (Å²) in [6.07, 6.45) is 1.76. The number of benzene rings is 2. The van der Waals surface area contributed by atoms with E-state index in [-0.39, 0.29) is 17.9 Å². The topological polar surface area (TPSA) is 20.3 Å². The summed E-state index contributed by atoms with van der Waals surface area (Å²) in [6.45, 7) is 4.81. The van der Waals surface area contributed by atoms with E-state index in [9.17, 15) is 4.79 Å². The Morgan fingerprint density at radius 1 is 1.17 bits per heavy atom. The maximum Gasteiger partial charge on any atom is 0.226 e. The fourth-order valence-electron chi connectivity index (χ4n) is 3.29. The first kappa shape index (κ1) is 16.1. The second-order valence-corrected chi connectivity index (χ2v) is 6.62. The number of hydrogen-bond donors (Lipinski definition) is 0. The van der Waals surface area contributed by atoms with E-state index < -0.39 is 0 Å². The highest BCUT2D eigenvalue weighted by molar-refractivity contribution is 6.31. The molecular weight excluding hydrogens is 306 g/mol. The Hall–Kier alpha value is -1.80. The normalized spacial score (nSPS) is 18.4. The van der Waals surface area contributed by atoms with Gasteiger partial charge in [-0.3, -0.25) is 4.79 Å². The standard InChI is InChI=1S/C20H22ClNO/c1-3-14(2)20(23)22-13-12-15-8-4-5-9-16(15)19(22)17-10-6-7-11-18(17)21/h4-11,14,19H,3,12-13H2,1-2H3/t14-,19-/m0/s1. The average molecular weight is 328 g/mol. The number of carbonyl (C=O) groups is 1. The number of carbonyl (C=O) groups excluding carboxylic acids is 1. The van der Waals surface area contributed by atoms with Crippen LogP contribution >= 0.6 is 11.6 Å². The van der Waals surface area contributed by atoms with Crippen molar-refractivity contribution in [2.75, 3.05) is 6.54 Å². The SMILES string of the molecule is CC[C@H](C)C(=O)N1CCc2ccccc2[C@H]1c1ccccc1Cl. The minimum atomic E-state index is -0.0878. The van der Waals surface area contributed by atoms with Gasteiger partial charge in [0.25, 0.3) is 0 Å². The van der Waals surface area contributed by atoms with Crippen LogP contribution in [0.2, 0.25) is 5.02 Å². The third kappa shape index (κ3) is 3.00. The van der Waals surface area contributed by atoms with Crippen LogP contribution in [0.5, 0.6) is 0 Å². The lowest BCUT2D eigenvalue weighted by Crippen LogP contribution is -2.43. The Morgan fingerprint density at radius 3 is 2.52 bits per heavy atom. The van der Waals surface area contributed by atoms with Gasteiger partial charge in [0.15, 0.2) is 0 Å². The molecule has 2 atom stereocenters. The van der Waals surface area contributed by atoms with Gasteiger partial charge >= 0.3 is 0 Å². The van der Waals surface area contributed by atoms with Gasteiger partial charge in [-0.1, -0.05) is 67.9 Å². The number of nitrogens with zero attached hydrogens (tertiary/aromatic N) is 1. The van der Waals surface area contributed by atoms with Crippen molar-refractivity contribution in [1.82, 2.24) is 4.90 Å². The maximum atomic E-state index is 12.9. The molecule has 0 fully saturated rings. The highest BCUT2D eigenvalue weighted by Gasteiger charge is 2.34. The molecule has 2 aromatic carbocycles. The minimum absolute atomic E-state index is 0.0326. The van der Waals surface area contributed by atoms with E-state index in [1.165, 1.54) is 11.1 Å². The van der Waals surface area contributed by atoms with Gasteiger partial charge in [0.05, 0.1) is 6.04 Å². The second-order valence-electron chi connectivity index (χ2n) is 6.21. The number of hydrogen-bond acceptors (Lipinski definition) is 1. The molecule has 1 aliphatic rings. The molecule has 3 rings (SSSR count). The zero-order valence-corrected chi connectivity index (χ0v) is 14.4. The summed E-state index contributed by atoms with van der Waals surface area (Å²) in [4.78, 5) is 14.9. The van der Waals surface area contributed by atoms with E-state index in [1.807, 2.05) is 42.2 Å². The summed E-state index contributed by atoms with van der Waals surface area (Å²) in [5.74, 6) is 0.247. The summed E-state index contributed by atoms with van der Waals surface area (Å²) in [6, 6.07) is 16.2. The maximum absolute atomic E-state index is 12.9. The second kappa shape index (κ2) is 6.76. The Labute approximate surface area is 143 Å². The zero-order valence-electron chi connectivity index (χ0n) is 13.6. The molecule has 1 aliphatic heterocycles. The van der Waals surface area contributed by atoms with E-state index >= 15 is 0 Å². The van der Waals surface area contributed by atoms with Crippen LogP contribution in [0.4, 0.5) is 0 Å². The molecule has 23 heavy (non-hydrogen) atoms. The molecule has 2 nitrogen and oxygen atoms in total. The molecule has 0 spiro atoms. The zero-order chi connectivity index (χ0) is 16.4. The fraction of sp³-hybridized carbons (Fsp3) is 0.350. The molecule has 3 heteroatoms. The minimum Gasteiger partial charge on any atom is -0.331 e. The lowest BCUT2D eigenvalue weighted by atomic mass is 9.87. The summed E-state index contributed by atoms with van der Waals surface area (Å²) in [5, 5.41) is 0.719. The van der Waals surface area contributed by atoms with Crippen LogP contribution < -0.4 is 0 Å². The molecule has 120 valence electrons. The van der Waals surface area contributed by atoms with Gasteiger partial charge < -0.3 is 4.90 Å². The monoisotopic (exact) mass is 327 g/mol. The molecule has 1 amide bonds. The predicted octanol–water partition coefficient (Wildman–Crippen LogP) is 4.86. The third-order valence-corrected chi connectivity index (χ3v) is 5.14. The fourth-order valence-corrected chi connectivity index (χ4v) is 3.53. The lowest BCUT2D eigenvalue weighted by Gasteiger charge is -2.39. The average Bonchev–Trinajstić information content (AvgIpc) is 2.60. The predicted molar refractivity (Wildman–Crippen MR) is 94.6 cm³/mol. The molecule has 0 saturated carbocycles. The van der Waals surface area contributed by atoms with Crippen molar-refractivity contribution in [3.63, 3.8) is 0 Å². The van der Waals surface area contributed by atoms with Gasteiger partial charge in [-0.15, -0.1) is 0 Å². The highest BCUT2D eigenvalue weighted by atomic mass is 35.5. The molecule has 0 aromatic heterocycles. The molecule has 0 bridgehead atoms. The third-order valence-electron chi connectivity index (χ3n) is 4.80. The highest BCUT2D eigenvalue weighted by Crippen LogP contribution is 2.38. The Balaban J connectivity index is 2.11. The number of amides is 1. The van der Waals surface area contributed by atoms with Crippen molar-refractivity contribution in [1.29, 1.82) is 0 Å². The Morgan fingerprint density at radius 2 is 1.83 bits per heavy atom. The van der Waals surface area contributed by atoms with Crippen molar-refractivity contribution >= 4 is 17.5 Å². The number of halogens is 1. The van der Waals surface area contributed by atoms with Crippen molar-refractivity contribution in [3.8, 4) is 0 Å². The Bertz CT molecular complexity index is 712. The molecule has 0 N–H and O–H groups in total. The summed E-state index contributed by atoms with van der Waals surface area (Å²) in [7, 11) is 0. The van der Waals surface area contributed by atoms with Crippen LogP contribution in [-0.4, -0.2) is 17.4 Å². The van der Waals surface area contributed by atoms with E-state index in [0.29, 0.717) is 0 Å².